The summed E-state index contributed by atoms with van der Waals surface area (Å²) in [5, 5.41) is 10.8. The minimum Gasteiger partial charge on any atom is -0.480 e. The van der Waals surface area contributed by atoms with E-state index in [0.717, 1.165) is 6.42 Å². The first kappa shape index (κ1) is 11.9. The molecule has 0 saturated heterocycles. The summed E-state index contributed by atoms with van der Waals surface area (Å²) in [7, 11) is 0. The molecule has 5 nitrogen and oxygen atoms in total. The summed E-state index contributed by atoms with van der Waals surface area (Å²) in [4.78, 5) is 21.5. The molecule has 0 aromatic rings. The summed E-state index contributed by atoms with van der Waals surface area (Å²) in [5.41, 5.74) is 5.47. The molecule has 2 atom stereocenters. The third kappa shape index (κ3) is 4.47. The Bertz CT molecular complexity index is 194. The largest absolute Gasteiger partial charge is 0.480 e. The Balaban J connectivity index is 3.92. The molecule has 0 saturated carbocycles. The van der Waals surface area contributed by atoms with E-state index in [-0.39, 0.29) is 0 Å². The molecule has 13 heavy (non-hydrogen) atoms. The summed E-state index contributed by atoms with van der Waals surface area (Å²) < 4.78 is 0. The molecule has 5 heteroatoms. The Morgan fingerprint density at radius 1 is 1.54 bits per heavy atom. The van der Waals surface area contributed by atoms with Crippen LogP contribution in [0.25, 0.3) is 0 Å². The highest BCUT2D eigenvalue weighted by Crippen LogP contribution is 1.93. The van der Waals surface area contributed by atoms with Crippen LogP contribution >= 0.6 is 0 Å². The Morgan fingerprint density at radius 3 is 2.46 bits per heavy atom. The maximum absolute atomic E-state index is 11.1. The van der Waals surface area contributed by atoms with Crippen molar-refractivity contribution in [3.8, 4) is 0 Å². The molecule has 0 radical (unpaired) electrons. The molecule has 0 rings (SSSR count). The quantitative estimate of drug-likeness (QED) is 0.552. The highest BCUT2D eigenvalue weighted by atomic mass is 16.4. The minimum atomic E-state index is -1.06. The molecule has 0 heterocycles. The molecule has 2 unspecified atom stereocenters. The van der Waals surface area contributed by atoms with E-state index in [1.165, 1.54) is 6.92 Å². The topological polar surface area (TPSA) is 92.4 Å². The zero-order chi connectivity index (χ0) is 10.4. The number of carbonyl (C=O) groups excluding carboxylic acids is 1. The van der Waals surface area contributed by atoms with E-state index in [0.29, 0.717) is 6.42 Å². The molecule has 0 spiro atoms. The van der Waals surface area contributed by atoms with E-state index in [1.807, 2.05) is 6.92 Å². The lowest BCUT2D eigenvalue weighted by Crippen LogP contribution is -2.47. The second kappa shape index (κ2) is 5.53. The second-order valence-electron chi connectivity index (χ2n) is 2.96. The van der Waals surface area contributed by atoms with Crippen LogP contribution in [0.4, 0.5) is 0 Å². The van der Waals surface area contributed by atoms with E-state index in [1.54, 1.807) is 0 Å². The Morgan fingerprint density at radius 2 is 2.08 bits per heavy atom. The van der Waals surface area contributed by atoms with E-state index in [4.69, 9.17) is 10.8 Å². The molecular weight excluding hydrogens is 172 g/mol. The lowest BCUT2D eigenvalue weighted by atomic mass is 10.1. The van der Waals surface area contributed by atoms with Gasteiger partial charge >= 0.3 is 5.97 Å². The average molecular weight is 188 g/mol. The molecule has 0 aliphatic heterocycles. The van der Waals surface area contributed by atoms with Crippen LogP contribution in [-0.2, 0) is 9.59 Å². The van der Waals surface area contributed by atoms with E-state index < -0.39 is 24.0 Å². The van der Waals surface area contributed by atoms with Crippen molar-refractivity contribution in [2.24, 2.45) is 5.73 Å². The molecule has 0 fully saturated rings. The number of carboxylic acids is 1. The fourth-order valence-corrected chi connectivity index (χ4v) is 0.824. The van der Waals surface area contributed by atoms with Crippen LogP contribution in [0.15, 0.2) is 0 Å². The maximum atomic E-state index is 11.1. The second-order valence-corrected chi connectivity index (χ2v) is 2.96. The predicted molar refractivity (Wildman–Crippen MR) is 48.1 cm³/mol. The van der Waals surface area contributed by atoms with E-state index >= 15 is 0 Å². The first-order valence-corrected chi connectivity index (χ1v) is 4.27. The van der Waals surface area contributed by atoms with Crippen molar-refractivity contribution in [1.29, 1.82) is 0 Å². The minimum absolute atomic E-state index is 0.406. The number of nitrogens with one attached hydrogen (secondary N) is 1. The van der Waals surface area contributed by atoms with Gasteiger partial charge in [0.15, 0.2) is 0 Å². The van der Waals surface area contributed by atoms with Crippen LogP contribution in [0.1, 0.15) is 26.7 Å². The van der Waals surface area contributed by atoms with Crippen molar-refractivity contribution in [3.05, 3.63) is 0 Å². The van der Waals surface area contributed by atoms with Crippen LogP contribution < -0.4 is 11.1 Å². The number of aliphatic carboxylic acids is 1. The standard InChI is InChI=1S/C8H16N2O3/c1-3-4-6(9)7(11)10-5(2)8(12)13/h5-6H,3-4,9H2,1-2H3,(H,10,11)(H,12,13). The van der Waals surface area contributed by atoms with Gasteiger partial charge in [-0.25, -0.2) is 0 Å². The van der Waals surface area contributed by atoms with Crippen molar-refractivity contribution < 1.29 is 14.7 Å². The van der Waals surface area contributed by atoms with Gasteiger partial charge in [-0.15, -0.1) is 0 Å². The summed E-state index contributed by atoms with van der Waals surface area (Å²) in [6, 6.07) is -1.48. The lowest BCUT2D eigenvalue weighted by molar-refractivity contribution is -0.141. The molecule has 4 N–H and O–H groups in total. The Labute approximate surface area is 77.3 Å². The number of rotatable bonds is 5. The van der Waals surface area contributed by atoms with Gasteiger partial charge in [-0.1, -0.05) is 13.3 Å². The van der Waals surface area contributed by atoms with Gasteiger partial charge in [0.2, 0.25) is 5.91 Å². The fraction of sp³-hybridized carbons (Fsp3) is 0.750. The number of hydrogen-bond acceptors (Lipinski definition) is 3. The van der Waals surface area contributed by atoms with Crippen LogP contribution in [0.5, 0.6) is 0 Å². The predicted octanol–water partition coefficient (Wildman–Crippen LogP) is -0.297. The zero-order valence-electron chi connectivity index (χ0n) is 7.91. The smallest absolute Gasteiger partial charge is 0.325 e. The highest BCUT2D eigenvalue weighted by molar-refractivity contribution is 5.86. The van der Waals surface area contributed by atoms with Gasteiger partial charge in [-0.3, -0.25) is 9.59 Å². The third-order valence-corrected chi connectivity index (χ3v) is 1.67. The number of carboxylic acid groups (broad SMARTS) is 1. The van der Waals surface area contributed by atoms with E-state index in [9.17, 15) is 9.59 Å². The third-order valence-electron chi connectivity index (χ3n) is 1.67. The monoisotopic (exact) mass is 188 g/mol. The molecule has 1 amide bonds. The summed E-state index contributed by atoms with van der Waals surface area (Å²) in [6.45, 7) is 3.31. The Kier molecular flexibility index (Phi) is 5.06. The first-order valence-electron chi connectivity index (χ1n) is 4.27. The molecule has 0 aromatic heterocycles. The van der Waals surface area contributed by atoms with Gasteiger partial charge in [0.25, 0.3) is 0 Å². The zero-order valence-corrected chi connectivity index (χ0v) is 7.91. The van der Waals surface area contributed by atoms with Gasteiger partial charge in [0, 0.05) is 0 Å². The molecule has 0 aliphatic rings. The maximum Gasteiger partial charge on any atom is 0.325 e. The van der Waals surface area contributed by atoms with Crippen molar-refractivity contribution in [1.82, 2.24) is 5.32 Å². The summed E-state index contributed by atoms with van der Waals surface area (Å²) >= 11 is 0. The average Bonchev–Trinajstić information content (AvgIpc) is 2.04. The van der Waals surface area contributed by atoms with Crippen molar-refractivity contribution >= 4 is 11.9 Å². The van der Waals surface area contributed by atoms with Crippen molar-refractivity contribution in [2.45, 2.75) is 38.8 Å². The summed E-state index contributed by atoms with van der Waals surface area (Å²) in [6.07, 6.45) is 1.37. The van der Waals surface area contributed by atoms with Crippen molar-refractivity contribution in [3.63, 3.8) is 0 Å². The molecule has 76 valence electrons. The SMILES string of the molecule is CCCC(N)C(=O)NC(C)C(=O)O. The highest BCUT2D eigenvalue weighted by Gasteiger charge is 2.18. The number of hydrogen-bond donors (Lipinski definition) is 3. The van der Waals surface area contributed by atoms with Gasteiger partial charge in [0.1, 0.15) is 6.04 Å². The molecule has 0 aliphatic carbocycles. The van der Waals surface area contributed by atoms with E-state index in [2.05, 4.69) is 5.32 Å². The molecule has 0 bridgehead atoms. The molecule has 0 aromatic carbocycles. The van der Waals surface area contributed by atoms with Gasteiger partial charge in [-0.05, 0) is 13.3 Å². The van der Waals surface area contributed by atoms with Crippen LogP contribution in [-0.4, -0.2) is 29.1 Å². The number of carbonyl (C=O) groups is 2. The van der Waals surface area contributed by atoms with Crippen LogP contribution in [0, 0.1) is 0 Å². The van der Waals surface area contributed by atoms with Crippen LogP contribution in [0.3, 0.4) is 0 Å². The molecular formula is C8H16N2O3. The summed E-state index contributed by atoms with van der Waals surface area (Å²) in [5.74, 6) is -1.46. The fourth-order valence-electron chi connectivity index (χ4n) is 0.824. The first-order chi connectivity index (χ1) is 5.99. The normalized spacial score (nSPS) is 14.7. The van der Waals surface area contributed by atoms with Gasteiger partial charge < -0.3 is 16.2 Å². The number of amides is 1. The van der Waals surface area contributed by atoms with Gasteiger partial charge in [0.05, 0.1) is 6.04 Å². The Hall–Kier alpha value is -1.10. The lowest BCUT2D eigenvalue weighted by Gasteiger charge is -2.13. The van der Waals surface area contributed by atoms with Crippen LogP contribution in [0.2, 0.25) is 0 Å². The van der Waals surface area contributed by atoms with Gasteiger partial charge in [-0.2, -0.15) is 0 Å². The number of nitrogens with two attached hydrogens (primary N) is 1. The van der Waals surface area contributed by atoms with Crippen molar-refractivity contribution in [2.75, 3.05) is 0 Å².